The summed E-state index contributed by atoms with van der Waals surface area (Å²) in [7, 11) is 0. The third-order valence-electron chi connectivity index (χ3n) is 7.25. The number of nitrogens with zero attached hydrogens (tertiary/aromatic N) is 5. The zero-order valence-corrected chi connectivity index (χ0v) is 21.6. The van der Waals surface area contributed by atoms with Gasteiger partial charge < -0.3 is 15.1 Å². The average Bonchev–Trinajstić information content (AvgIpc) is 3.48. The second-order valence-electron chi connectivity index (χ2n) is 10.3. The van der Waals surface area contributed by atoms with E-state index < -0.39 is 30.1 Å². The van der Waals surface area contributed by atoms with Crippen molar-refractivity contribution < 1.29 is 18.4 Å². The van der Waals surface area contributed by atoms with E-state index in [4.69, 9.17) is 0 Å². The van der Waals surface area contributed by atoms with Crippen molar-refractivity contribution in [2.24, 2.45) is 0 Å². The van der Waals surface area contributed by atoms with Gasteiger partial charge in [0.15, 0.2) is 0 Å². The summed E-state index contributed by atoms with van der Waals surface area (Å²) in [6.45, 7) is 5.42. The van der Waals surface area contributed by atoms with Gasteiger partial charge in [-0.1, -0.05) is 50.2 Å². The lowest BCUT2D eigenvalue weighted by Crippen LogP contribution is -2.48. The first kappa shape index (κ1) is 25.8. The van der Waals surface area contributed by atoms with Gasteiger partial charge in [-0.2, -0.15) is 9.49 Å². The third kappa shape index (κ3) is 5.39. The molecular weight excluding hydrogens is 490 g/mol. The quantitative estimate of drug-likeness (QED) is 0.457. The van der Waals surface area contributed by atoms with Crippen molar-refractivity contribution in [3.05, 3.63) is 77.6 Å². The Hall–Kier alpha value is -3.82. The van der Waals surface area contributed by atoms with Crippen LogP contribution in [0.3, 0.4) is 0 Å². The standard InChI is InChI=1S/C28H32F2N6O2/c1-18(2)22-9-10-23(32-27(22)30)26(19-7-4-3-5-8-19)33-28(38)24-13-20(29)15-36(24)25(37)17-35-16-21(14-31-35)34-11-6-12-34/h3-5,7-10,14,16,18,20,24,26H,6,11-13,15,17H2,1-2H3,(H,33,38)/t20-,24+,26+/m1/s1. The van der Waals surface area contributed by atoms with Crippen molar-refractivity contribution in [1.82, 2.24) is 25.0 Å². The van der Waals surface area contributed by atoms with E-state index >= 15 is 0 Å². The van der Waals surface area contributed by atoms with E-state index in [0.29, 0.717) is 16.8 Å². The first-order valence-corrected chi connectivity index (χ1v) is 13.0. The Morgan fingerprint density at radius 1 is 1.13 bits per heavy atom. The molecule has 4 heterocycles. The molecular formula is C28H32F2N6O2. The monoisotopic (exact) mass is 522 g/mol. The molecule has 2 saturated heterocycles. The summed E-state index contributed by atoms with van der Waals surface area (Å²) < 4.78 is 30.8. The lowest BCUT2D eigenvalue weighted by molar-refractivity contribution is -0.139. The van der Waals surface area contributed by atoms with Crippen LogP contribution >= 0.6 is 0 Å². The normalized spacial score (nSPS) is 19.9. The maximum Gasteiger partial charge on any atom is 0.245 e. The molecule has 0 unspecified atom stereocenters. The van der Waals surface area contributed by atoms with Gasteiger partial charge in [-0.15, -0.1) is 0 Å². The minimum atomic E-state index is -1.32. The lowest BCUT2D eigenvalue weighted by atomic mass is 9.99. The van der Waals surface area contributed by atoms with Gasteiger partial charge in [-0.25, -0.2) is 9.37 Å². The number of anilines is 1. The molecule has 8 nitrogen and oxygen atoms in total. The van der Waals surface area contributed by atoms with Crippen molar-refractivity contribution in [2.75, 3.05) is 24.5 Å². The van der Waals surface area contributed by atoms with Gasteiger partial charge in [-0.3, -0.25) is 14.3 Å². The fraction of sp³-hybridized carbons (Fsp3) is 0.429. The molecule has 10 heteroatoms. The third-order valence-corrected chi connectivity index (χ3v) is 7.25. The molecule has 5 rings (SSSR count). The predicted octanol–water partition coefficient (Wildman–Crippen LogP) is 3.60. The molecule has 0 saturated carbocycles. The zero-order chi connectivity index (χ0) is 26.8. The fourth-order valence-electron chi connectivity index (χ4n) is 4.98. The number of halogens is 2. The summed E-state index contributed by atoms with van der Waals surface area (Å²) in [4.78, 5) is 34.2. The van der Waals surface area contributed by atoms with E-state index in [-0.39, 0.29) is 31.3 Å². The largest absolute Gasteiger partial charge is 0.369 e. The number of likely N-dealkylation sites (tertiary alicyclic amines) is 1. The summed E-state index contributed by atoms with van der Waals surface area (Å²) in [5.74, 6) is -1.53. The number of rotatable bonds is 8. The Kier molecular flexibility index (Phi) is 7.40. The second-order valence-corrected chi connectivity index (χ2v) is 10.3. The number of nitrogens with one attached hydrogen (secondary N) is 1. The van der Waals surface area contributed by atoms with Crippen LogP contribution in [0.2, 0.25) is 0 Å². The van der Waals surface area contributed by atoms with Crippen LogP contribution in [0.1, 0.15) is 55.5 Å². The molecule has 2 amide bonds. The van der Waals surface area contributed by atoms with Crippen LogP contribution < -0.4 is 10.2 Å². The predicted molar refractivity (Wildman–Crippen MR) is 139 cm³/mol. The van der Waals surface area contributed by atoms with E-state index in [0.717, 1.165) is 25.2 Å². The first-order chi connectivity index (χ1) is 18.3. The van der Waals surface area contributed by atoms with Crippen LogP contribution in [0.25, 0.3) is 0 Å². The van der Waals surface area contributed by atoms with Crippen molar-refractivity contribution in [3.63, 3.8) is 0 Å². The molecule has 200 valence electrons. The number of carbonyl (C=O) groups is 2. The zero-order valence-electron chi connectivity index (χ0n) is 21.6. The molecule has 0 radical (unpaired) electrons. The minimum absolute atomic E-state index is 0.0439. The Bertz CT molecular complexity index is 1290. The highest BCUT2D eigenvalue weighted by Crippen LogP contribution is 2.27. The Morgan fingerprint density at radius 3 is 2.55 bits per heavy atom. The number of pyridine rings is 1. The number of aromatic nitrogens is 3. The van der Waals surface area contributed by atoms with Gasteiger partial charge in [0.25, 0.3) is 0 Å². The van der Waals surface area contributed by atoms with Crippen LogP contribution in [0.15, 0.2) is 54.9 Å². The molecule has 3 atom stereocenters. The van der Waals surface area contributed by atoms with E-state index in [9.17, 15) is 18.4 Å². The highest BCUT2D eigenvalue weighted by molar-refractivity contribution is 5.88. The molecule has 1 N–H and O–H groups in total. The summed E-state index contributed by atoms with van der Waals surface area (Å²) in [5, 5.41) is 7.18. The lowest BCUT2D eigenvalue weighted by Gasteiger charge is -2.31. The Labute approximate surface area is 220 Å². The number of amides is 2. The van der Waals surface area contributed by atoms with Gasteiger partial charge >= 0.3 is 0 Å². The summed E-state index contributed by atoms with van der Waals surface area (Å²) >= 11 is 0. The average molecular weight is 523 g/mol. The molecule has 2 fully saturated rings. The Balaban J connectivity index is 1.34. The summed E-state index contributed by atoms with van der Waals surface area (Å²) in [6, 6.07) is 10.7. The molecule has 2 aromatic heterocycles. The minimum Gasteiger partial charge on any atom is -0.369 e. The number of benzene rings is 1. The molecule has 0 aliphatic carbocycles. The summed E-state index contributed by atoms with van der Waals surface area (Å²) in [5.41, 5.74) is 2.45. The molecule has 0 bridgehead atoms. The van der Waals surface area contributed by atoms with Crippen molar-refractivity contribution in [3.8, 4) is 0 Å². The van der Waals surface area contributed by atoms with Crippen LogP contribution in [-0.4, -0.2) is 63.3 Å². The molecule has 2 aliphatic rings. The van der Waals surface area contributed by atoms with Crippen LogP contribution in [0, 0.1) is 5.95 Å². The van der Waals surface area contributed by atoms with E-state index in [1.807, 2.05) is 44.2 Å². The number of hydrogen-bond acceptors (Lipinski definition) is 5. The number of alkyl halides is 1. The smallest absolute Gasteiger partial charge is 0.245 e. The second kappa shape index (κ2) is 10.9. The van der Waals surface area contributed by atoms with E-state index in [2.05, 4.69) is 20.3 Å². The maximum absolute atomic E-state index is 14.8. The van der Waals surface area contributed by atoms with Gasteiger partial charge in [0.2, 0.25) is 17.8 Å². The van der Waals surface area contributed by atoms with E-state index in [1.54, 1.807) is 24.5 Å². The van der Waals surface area contributed by atoms with Crippen LogP contribution in [0.5, 0.6) is 0 Å². The maximum atomic E-state index is 14.8. The molecule has 3 aromatic rings. The molecule has 0 spiro atoms. The van der Waals surface area contributed by atoms with Crippen LogP contribution in [-0.2, 0) is 16.1 Å². The first-order valence-electron chi connectivity index (χ1n) is 13.0. The van der Waals surface area contributed by atoms with Crippen molar-refractivity contribution in [1.29, 1.82) is 0 Å². The fourth-order valence-corrected chi connectivity index (χ4v) is 4.98. The highest BCUT2D eigenvalue weighted by Gasteiger charge is 2.40. The van der Waals surface area contributed by atoms with E-state index in [1.165, 1.54) is 9.58 Å². The van der Waals surface area contributed by atoms with Crippen LogP contribution in [0.4, 0.5) is 14.5 Å². The van der Waals surface area contributed by atoms with Gasteiger partial charge in [0.1, 0.15) is 18.8 Å². The van der Waals surface area contributed by atoms with Gasteiger partial charge in [-0.05, 0) is 24.0 Å². The summed E-state index contributed by atoms with van der Waals surface area (Å²) in [6.07, 6.45) is 3.20. The highest BCUT2D eigenvalue weighted by atomic mass is 19.1. The molecule has 38 heavy (non-hydrogen) atoms. The van der Waals surface area contributed by atoms with Gasteiger partial charge in [0.05, 0.1) is 30.2 Å². The SMILES string of the molecule is CC(C)c1ccc([C@@H](NC(=O)[C@@H]2C[C@@H](F)CN2C(=O)Cn2cc(N3CCC3)cn2)c2ccccc2)nc1F. The number of carbonyl (C=O) groups excluding carboxylic acids is 2. The Morgan fingerprint density at radius 2 is 1.89 bits per heavy atom. The number of hydrogen-bond donors (Lipinski definition) is 1. The van der Waals surface area contributed by atoms with Gasteiger partial charge in [0, 0.05) is 31.3 Å². The molecule has 1 aromatic carbocycles. The van der Waals surface area contributed by atoms with Crippen molar-refractivity contribution in [2.45, 2.75) is 57.4 Å². The molecule has 2 aliphatic heterocycles. The topological polar surface area (TPSA) is 83.4 Å². The van der Waals surface area contributed by atoms with Crippen molar-refractivity contribution >= 4 is 17.5 Å².